The Hall–Kier alpha value is -0.630. The summed E-state index contributed by atoms with van der Waals surface area (Å²) in [5.41, 5.74) is 7.90. The summed E-state index contributed by atoms with van der Waals surface area (Å²) in [6, 6.07) is 6.11. The van der Waals surface area contributed by atoms with Gasteiger partial charge in [0.15, 0.2) is 5.82 Å². The van der Waals surface area contributed by atoms with Crippen LogP contribution in [-0.4, -0.2) is 10.2 Å². The minimum absolute atomic E-state index is 0.535. The number of aromatic nitrogens is 2. The lowest BCUT2D eigenvalue weighted by molar-refractivity contribution is 1.11. The van der Waals surface area contributed by atoms with Crippen molar-refractivity contribution in [2.45, 2.75) is 0 Å². The maximum Gasteiger partial charge on any atom is 0.154 e. The molecule has 0 saturated carbocycles. The zero-order valence-electron chi connectivity index (χ0n) is 8.91. The normalized spacial score (nSPS) is 11.0. The number of anilines is 1. The minimum atomic E-state index is 0.535. The third-order valence-corrected chi connectivity index (χ3v) is 6.61. The van der Waals surface area contributed by atoms with Crippen molar-refractivity contribution < 1.29 is 0 Å². The molecule has 18 heavy (non-hydrogen) atoms. The molecule has 3 rings (SSSR count). The zero-order chi connectivity index (χ0) is 12.7. The third kappa shape index (κ3) is 2.05. The number of halogens is 2. The Morgan fingerprint density at radius 3 is 2.72 bits per heavy atom. The van der Waals surface area contributed by atoms with Crippen molar-refractivity contribution >= 4 is 60.4 Å². The highest BCUT2D eigenvalue weighted by Gasteiger charge is 2.18. The molecule has 0 spiro atoms. The number of nitrogens with zero attached hydrogens (tertiary/aromatic N) is 1. The van der Waals surface area contributed by atoms with Crippen LogP contribution in [0.3, 0.4) is 0 Å². The first-order valence-electron chi connectivity index (χ1n) is 4.99. The fourth-order valence-electron chi connectivity index (χ4n) is 1.67. The molecule has 3 aromatic heterocycles. The fourth-order valence-corrected chi connectivity index (χ4v) is 4.50. The van der Waals surface area contributed by atoms with E-state index in [0.29, 0.717) is 5.82 Å². The highest BCUT2D eigenvalue weighted by molar-refractivity contribution is 9.13. The van der Waals surface area contributed by atoms with Gasteiger partial charge >= 0.3 is 0 Å². The van der Waals surface area contributed by atoms with Crippen LogP contribution in [0.2, 0.25) is 0 Å². The molecule has 0 amide bonds. The lowest BCUT2D eigenvalue weighted by atomic mass is 10.1. The van der Waals surface area contributed by atoms with Crippen LogP contribution in [-0.2, 0) is 0 Å². The molecule has 0 bridgehead atoms. The van der Waals surface area contributed by atoms with Crippen LogP contribution in [0.1, 0.15) is 0 Å². The molecule has 3 aromatic rings. The van der Waals surface area contributed by atoms with Crippen LogP contribution in [0.4, 0.5) is 5.82 Å². The molecule has 0 aliphatic carbocycles. The van der Waals surface area contributed by atoms with E-state index in [1.807, 2.05) is 17.5 Å². The quantitative estimate of drug-likeness (QED) is 0.633. The molecule has 0 aromatic carbocycles. The van der Waals surface area contributed by atoms with Gasteiger partial charge in [-0.25, -0.2) is 0 Å². The van der Waals surface area contributed by atoms with Crippen molar-refractivity contribution in [2.24, 2.45) is 0 Å². The molecule has 3 nitrogen and oxygen atoms in total. The second-order valence-electron chi connectivity index (χ2n) is 3.57. The number of nitrogen functional groups attached to an aromatic ring is 1. The van der Waals surface area contributed by atoms with Crippen molar-refractivity contribution in [2.75, 3.05) is 5.73 Å². The maximum absolute atomic E-state index is 5.96. The predicted octanol–water partition coefficient (Wildman–Crippen LogP) is 4.97. The summed E-state index contributed by atoms with van der Waals surface area (Å²) in [6.45, 7) is 0. The standard InChI is InChI=1S/C11H7Br2N3S2/c12-5-4-7(18-10(5)13)9-8(11(14)16-15-9)6-2-1-3-17-6/h1-4H,(H3,14,15,16). The Morgan fingerprint density at radius 2 is 2.11 bits per heavy atom. The summed E-state index contributed by atoms with van der Waals surface area (Å²) in [5, 5.41) is 9.18. The number of nitrogens with one attached hydrogen (secondary N) is 1. The largest absolute Gasteiger partial charge is 0.382 e. The van der Waals surface area contributed by atoms with Gasteiger partial charge in [0.1, 0.15) is 0 Å². The average molecular weight is 405 g/mol. The maximum atomic E-state index is 5.96. The molecular formula is C11H7Br2N3S2. The highest BCUT2D eigenvalue weighted by atomic mass is 79.9. The van der Waals surface area contributed by atoms with Gasteiger partial charge < -0.3 is 5.73 Å². The van der Waals surface area contributed by atoms with E-state index in [2.05, 4.69) is 48.1 Å². The monoisotopic (exact) mass is 403 g/mol. The predicted molar refractivity (Wildman–Crippen MR) is 85.0 cm³/mol. The SMILES string of the molecule is Nc1n[nH]c(-c2cc(Br)c(Br)s2)c1-c1cccs1. The number of H-pyrrole nitrogens is 1. The summed E-state index contributed by atoms with van der Waals surface area (Å²) < 4.78 is 2.09. The first-order chi connectivity index (χ1) is 8.66. The second-order valence-corrected chi connectivity index (χ2v) is 7.74. The molecule has 0 aliphatic rings. The molecule has 0 saturated heterocycles. The molecule has 0 radical (unpaired) electrons. The topological polar surface area (TPSA) is 54.7 Å². The van der Waals surface area contributed by atoms with E-state index in [1.165, 1.54) is 0 Å². The lowest BCUT2D eigenvalue weighted by Gasteiger charge is -1.98. The van der Waals surface area contributed by atoms with Crippen molar-refractivity contribution in [3.63, 3.8) is 0 Å². The fraction of sp³-hybridized carbons (Fsp3) is 0. The Balaban J connectivity index is 2.19. The van der Waals surface area contributed by atoms with E-state index >= 15 is 0 Å². The van der Waals surface area contributed by atoms with E-state index in [4.69, 9.17) is 5.73 Å². The Bertz CT molecular complexity index is 666. The number of hydrogen-bond donors (Lipinski definition) is 2. The zero-order valence-corrected chi connectivity index (χ0v) is 13.7. The van der Waals surface area contributed by atoms with E-state index in [1.54, 1.807) is 22.7 Å². The van der Waals surface area contributed by atoms with Crippen LogP contribution in [0.25, 0.3) is 21.0 Å². The van der Waals surface area contributed by atoms with Crippen LogP contribution in [0, 0.1) is 0 Å². The number of aromatic amines is 1. The lowest BCUT2D eigenvalue weighted by Crippen LogP contribution is -1.86. The average Bonchev–Trinajstić information content (AvgIpc) is 3.01. The minimum Gasteiger partial charge on any atom is -0.382 e. The molecule has 0 fully saturated rings. The molecule has 0 aliphatic heterocycles. The highest BCUT2D eigenvalue weighted by Crippen LogP contribution is 2.43. The Labute approximate surface area is 128 Å². The Kier molecular flexibility index (Phi) is 3.31. The number of thiophene rings is 2. The molecule has 3 N–H and O–H groups in total. The van der Waals surface area contributed by atoms with E-state index in [-0.39, 0.29) is 0 Å². The van der Waals surface area contributed by atoms with Gasteiger partial charge in [0.05, 0.1) is 19.9 Å². The molecule has 3 heterocycles. The first kappa shape index (κ1) is 12.4. The first-order valence-corrected chi connectivity index (χ1v) is 8.28. The van der Waals surface area contributed by atoms with Crippen LogP contribution < -0.4 is 5.73 Å². The molecule has 92 valence electrons. The van der Waals surface area contributed by atoms with Gasteiger partial charge in [0.25, 0.3) is 0 Å². The third-order valence-electron chi connectivity index (χ3n) is 2.45. The van der Waals surface area contributed by atoms with Gasteiger partial charge in [-0.3, -0.25) is 5.10 Å². The van der Waals surface area contributed by atoms with Crippen molar-refractivity contribution in [3.8, 4) is 21.0 Å². The molecular weight excluding hydrogens is 398 g/mol. The van der Waals surface area contributed by atoms with E-state index in [0.717, 1.165) is 29.3 Å². The van der Waals surface area contributed by atoms with E-state index in [9.17, 15) is 0 Å². The van der Waals surface area contributed by atoms with Crippen molar-refractivity contribution in [3.05, 3.63) is 31.8 Å². The summed E-state index contributed by atoms with van der Waals surface area (Å²) in [6.07, 6.45) is 0. The summed E-state index contributed by atoms with van der Waals surface area (Å²) in [5.74, 6) is 0.535. The van der Waals surface area contributed by atoms with Crippen molar-refractivity contribution in [1.82, 2.24) is 10.2 Å². The van der Waals surface area contributed by atoms with Gasteiger partial charge in [0, 0.05) is 9.35 Å². The van der Waals surface area contributed by atoms with Crippen LogP contribution in [0.15, 0.2) is 31.8 Å². The number of hydrogen-bond acceptors (Lipinski definition) is 4. The Morgan fingerprint density at radius 1 is 1.28 bits per heavy atom. The second kappa shape index (κ2) is 4.80. The summed E-state index contributed by atoms with van der Waals surface area (Å²) in [7, 11) is 0. The van der Waals surface area contributed by atoms with E-state index < -0.39 is 0 Å². The van der Waals surface area contributed by atoms with Crippen molar-refractivity contribution in [1.29, 1.82) is 0 Å². The van der Waals surface area contributed by atoms with Crippen LogP contribution in [0.5, 0.6) is 0 Å². The molecule has 0 unspecified atom stereocenters. The van der Waals surface area contributed by atoms with Gasteiger partial charge in [-0.15, -0.1) is 22.7 Å². The van der Waals surface area contributed by atoms with Gasteiger partial charge in [0.2, 0.25) is 0 Å². The number of nitrogens with two attached hydrogens (primary N) is 1. The summed E-state index contributed by atoms with van der Waals surface area (Å²) >= 11 is 10.3. The molecule has 0 atom stereocenters. The molecule has 7 heteroatoms. The number of rotatable bonds is 2. The van der Waals surface area contributed by atoms with Gasteiger partial charge in [-0.1, -0.05) is 6.07 Å². The van der Waals surface area contributed by atoms with Gasteiger partial charge in [-0.2, -0.15) is 5.10 Å². The summed E-state index contributed by atoms with van der Waals surface area (Å²) in [4.78, 5) is 2.22. The van der Waals surface area contributed by atoms with Crippen LogP contribution >= 0.6 is 54.5 Å². The van der Waals surface area contributed by atoms with Gasteiger partial charge in [-0.05, 0) is 49.4 Å². The smallest absolute Gasteiger partial charge is 0.154 e.